The highest BCUT2D eigenvalue weighted by molar-refractivity contribution is 8.00. The first-order valence-electron chi connectivity index (χ1n) is 4.47. The fraction of sp³-hybridized carbons (Fsp3) is 0.500. The van der Waals surface area contributed by atoms with Gasteiger partial charge < -0.3 is 10.4 Å². The third kappa shape index (κ3) is 5.89. The molecule has 0 radical (unpaired) electrons. The molecule has 0 aliphatic carbocycles. The van der Waals surface area contributed by atoms with Gasteiger partial charge >= 0.3 is 11.5 Å². The van der Waals surface area contributed by atoms with E-state index < -0.39 is 11.5 Å². The molecule has 0 atom stereocenters. The predicted molar refractivity (Wildman–Crippen MR) is 59.3 cm³/mol. The Bertz CT molecular complexity index is 381. The smallest absolute Gasteiger partial charge is 0.441 e. The number of halogens is 3. The van der Waals surface area contributed by atoms with Gasteiger partial charge in [-0.3, -0.25) is 0 Å². The summed E-state index contributed by atoms with van der Waals surface area (Å²) in [5.41, 5.74) is -3.69. The van der Waals surface area contributed by atoms with Gasteiger partial charge in [0, 0.05) is 24.2 Å². The lowest BCUT2D eigenvalue weighted by Crippen LogP contribution is -2.18. The number of nitrogens with one attached hydrogen (secondary N) is 1. The minimum Gasteiger partial charge on any atom is -0.476 e. The first-order valence-corrected chi connectivity index (χ1v) is 6.34. The van der Waals surface area contributed by atoms with E-state index in [0.717, 1.165) is 11.3 Å². The van der Waals surface area contributed by atoms with E-state index in [-0.39, 0.29) is 35.6 Å². The number of carbonyl (C=O) groups is 1. The maximum Gasteiger partial charge on any atom is 0.441 e. The van der Waals surface area contributed by atoms with E-state index in [1.165, 1.54) is 0 Å². The van der Waals surface area contributed by atoms with Gasteiger partial charge in [0.15, 0.2) is 0 Å². The van der Waals surface area contributed by atoms with Gasteiger partial charge in [-0.05, 0) is 11.8 Å². The maximum atomic E-state index is 11.8. The summed E-state index contributed by atoms with van der Waals surface area (Å²) in [5.74, 6) is -1.19. The van der Waals surface area contributed by atoms with Crippen LogP contribution in [0.2, 0.25) is 0 Å². The monoisotopic (exact) mass is 286 g/mol. The summed E-state index contributed by atoms with van der Waals surface area (Å²) in [5, 5.41) is 12.9. The summed E-state index contributed by atoms with van der Waals surface area (Å²) < 4.78 is 35.3. The highest BCUT2D eigenvalue weighted by atomic mass is 32.2. The summed E-state index contributed by atoms with van der Waals surface area (Å²) in [6.07, 6.45) is 0. The van der Waals surface area contributed by atoms with Crippen molar-refractivity contribution in [2.24, 2.45) is 0 Å². The standard InChI is InChI=1S/C8H9F3N2O2S2/c9-8(10,11)17-2-1-12-3-5-4-16-6(13-5)7(14)15/h4,12H,1-3H2,(H,14,15). The van der Waals surface area contributed by atoms with Crippen LogP contribution < -0.4 is 5.32 Å². The Labute approximate surface area is 103 Å². The largest absolute Gasteiger partial charge is 0.476 e. The number of carboxylic acid groups (broad SMARTS) is 1. The zero-order valence-corrected chi connectivity index (χ0v) is 10.1. The molecule has 0 amide bonds. The summed E-state index contributed by atoms with van der Waals surface area (Å²) >= 11 is 0.894. The van der Waals surface area contributed by atoms with Crippen LogP contribution in [0.5, 0.6) is 0 Å². The summed E-state index contributed by atoms with van der Waals surface area (Å²) in [7, 11) is 0. The van der Waals surface area contributed by atoms with Crippen LogP contribution in [0.15, 0.2) is 5.38 Å². The summed E-state index contributed by atoms with van der Waals surface area (Å²) in [6, 6.07) is 0. The lowest BCUT2D eigenvalue weighted by molar-refractivity contribution is -0.0327. The molecule has 96 valence electrons. The number of rotatable bonds is 6. The topological polar surface area (TPSA) is 62.2 Å². The Kier molecular flexibility index (Phi) is 5.22. The zero-order chi connectivity index (χ0) is 12.9. The molecule has 0 fully saturated rings. The number of carboxylic acids is 1. The van der Waals surface area contributed by atoms with Crippen molar-refractivity contribution >= 4 is 29.1 Å². The third-order valence-electron chi connectivity index (χ3n) is 1.59. The van der Waals surface area contributed by atoms with Crippen LogP contribution in [0.4, 0.5) is 13.2 Å². The quantitative estimate of drug-likeness (QED) is 0.785. The lowest BCUT2D eigenvalue weighted by atomic mass is 10.5. The molecule has 1 heterocycles. The van der Waals surface area contributed by atoms with Crippen LogP contribution in [0.25, 0.3) is 0 Å². The highest BCUT2D eigenvalue weighted by Gasteiger charge is 2.27. The Morgan fingerprint density at radius 1 is 1.59 bits per heavy atom. The number of aromatic carboxylic acids is 1. The molecule has 0 unspecified atom stereocenters. The number of thiazole rings is 1. The van der Waals surface area contributed by atoms with Crippen molar-refractivity contribution in [2.45, 2.75) is 12.1 Å². The average Bonchev–Trinajstić information content (AvgIpc) is 2.64. The average molecular weight is 286 g/mol. The van der Waals surface area contributed by atoms with E-state index in [2.05, 4.69) is 10.3 Å². The summed E-state index contributed by atoms with van der Waals surface area (Å²) in [6.45, 7) is 0.451. The second-order valence-corrected chi connectivity index (χ2v) is 4.94. The number of aromatic nitrogens is 1. The highest BCUT2D eigenvalue weighted by Crippen LogP contribution is 2.29. The second-order valence-electron chi connectivity index (χ2n) is 2.92. The minimum absolute atomic E-state index is 0.0218. The number of hydrogen-bond acceptors (Lipinski definition) is 5. The predicted octanol–water partition coefficient (Wildman–Crippen LogP) is 2.18. The first kappa shape index (κ1) is 14.3. The maximum absolute atomic E-state index is 11.8. The number of hydrogen-bond donors (Lipinski definition) is 2. The first-order chi connectivity index (χ1) is 7.88. The molecule has 1 aromatic rings. The van der Waals surface area contributed by atoms with E-state index in [9.17, 15) is 18.0 Å². The number of alkyl halides is 3. The molecular formula is C8H9F3N2O2S2. The lowest BCUT2D eigenvalue weighted by Gasteiger charge is -2.05. The molecule has 1 rings (SSSR count). The third-order valence-corrected chi connectivity index (χ3v) is 3.20. The van der Waals surface area contributed by atoms with Gasteiger partial charge in [0.1, 0.15) is 0 Å². The van der Waals surface area contributed by atoms with Crippen molar-refractivity contribution in [2.75, 3.05) is 12.3 Å². The van der Waals surface area contributed by atoms with E-state index in [4.69, 9.17) is 5.11 Å². The van der Waals surface area contributed by atoms with E-state index in [1.807, 2.05) is 0 Å². The Morgan fingerprint density at radius 2 is 2.29 bits per heavy atom. The molecule has 0 saturated heterocycles. The van der Waals surface area contributed by atoms with Gasteiger partial charge in [-0.2, -0.15) is 13.2 Å². The van der Waals surface area contributed by atoms with Crippen molar-refractivity contribution in [1.29, 1.82) is 0 Å². The van der Waals surface area contributed by atoms with Crippen molar-refractivity contribution in [3.8, 4) is 0 Å². The van der Waals surface area contributed by atoms with E-state index >= 15 is 0 Å². The molecule has 1 aromatic heterocycles. The fourth-order valence-electron chi connectivity index (χ4n) is 0.942. The fourth-order valence-corrected chi connectivity index (χ4v) is 2.07. The van der Waals surface area contributed by atoms with Crippen molar-refractivity contribution < 1.29 is 23.1 Å². The van der Waals surface area contributed by atoms with Crippen LogP contribution in [0.1, 0.15) is 15.5 Å². The molecule has 0 aliphatic heterocycles. The zero-order valence-electron chi connectivity index (χ0n) is 8.45. The summed E-state index contributed by atoms with van der Waals surface area (Å²) in [4.78, 5) is 14.3. The Morgan fingerprint density at radius 3 is 2.82 bits per heavy atom. The van der Waals surface area contributed by atoms with Gasteiger partial charge in [0.25, 0.3) is 0 Å². The minimum atomic E-state index is -4.21. The van der Waals surface area contributed by atoms with Crippen molar-refractivity contribution in [1.82, 2.24) is 10.3 Å². The Hall–Kier alpha value is -0.800. The van der Waals surface area contributed by atoms with E-state index in [1.54, 1.807) is 5.38 Å². The molecule has 0 aliphatic rings. The number of nitrogens with zero attached hydrogens (tertiary/aromatic N) is 1. The van der Waals surface area contributed by atoms with Crippen molar-refractivity contribution in [3.63, 3.8) is 0 Å². The molecule has 0 saturated carbocycles. The second kappa shape index (κ2) is 6.22. The van der Waals surface area contributed by atoms with Gasteiger partial charge in [-0.15, -0.1) is 11.3 Å². The van der Waals surface area contributed by atoms with Crippen LogP contribution >= 0.6 is 23.1 Å². The van der Waals surface area contributed by atoms with Crippen LogP contribution in [-0.2, 0) is 6.54 Å². The van der Waals surface area contributed by atoms with Crippen LogP contribution in [0, 0.1) is 0 Å². The molecule has 0 bridgehead atoms. The van der Waals surface area contributed by atoms with Crippen LogP contribution in [0.3, 0.4) is 0 Å². The van der Waals surface area contributed by atoms with E-state index in [0.29, 0.717) is 5.69 Å². The van der Waals surface area contributed by atoms with Gasteiger partial charge in [-0.25, -0.2) is 9.78 Å². The molecule has 0 spiro atoms. The normalized spacial score (nSPS) is 11.7. The Balaban J connectivity index is 2.20. The SMILES string of the molecule is O=C(O)c1nc(CNCCSC(F)(F)F)cs1. The molecule has 2 N–H and O–H groups in total. The molecule has 9 heteroatoms. The number of thioether (sulfide) groups is 1. The van der Waals surface area contributed by atoms with Crippen molar-refractivity contribution in [3.05, 3.63) is 16.1 Å². The van der Waals surface area contributed by atoms with Gasteiger partial charge in [0.2, 0.25) is 5.01 Å². The van der Waals surface area contributed by atoms with Crippen LogP contribution in [-0.4, -0.2) is 33.9 Å². The van der Waals surface area contributed by atoms with Gasteiger partial charge in [-0.1, -0.05) is 0 Å². The molecule has 17 heavy (non-hydrogen) atoms. The molecule has 0 aromatic carbocycles. The molecule has 4 nitrogen and oxygen atoms in total. The van der Waals surface area contributed by atoms with Gasteiger partial charge in [0.05, 0.1) is 5.69 Å². The molecular weight excluding hydrogens is 277 g/mol.